The summed E-state index contributed by atoms with van der Waals surface area (Å²) in [6, 6.07) is 6.01. The zero-order valence-electron chi connectivity index (χ0n) is 17.8. The number of carbonyl (C=O) groups is 1. The summed E-state index contributed by atoms with van der Waals surface area (Å²) in [4.78, 5) is 15.4. The van der Waals surface area contributed by atoms with Crippen molar-refractivity contribution in [2.45, 2.75) is 64.5 Å². The van der Waals surface area contributed by atoms with E-state index < -0.39 is 0 Å². The van der Waals surface area contributed by atoms with Crippen molar-refractivity contribution in [2.24, 2.45) is 16.7 Å². The van der Waals surface area contributed by atoms with Gasteiger partial charge in [0, 0.05) is 48.4 Å². The van der Waals surface area contributed by atoms with Gasteiger partial charge in [0.15, 0.2) is 0 Å². The number of benzene rings is 1. The van der Waals surface area contributed by atoms with Gasteiger partial charge in [-0.3, -0.25) is 4.79 Å². The molecule has 2 aliphatic carbocycles. The summed E-state index contributed by atoms with van der Waals surface area (Å²) in [5.74, 6) is -0.365. The molecule has 6 nitrogen and oxygen atoms in total. The summed E-state index contributed by atoms with van der Waals surface area (Å²) in [7, 11) is 1.74. The lowest BCUT2D eigenvalue weighted by Gasteiger charge is -2.63. The van der Waals surface area contributed by atoms with Crippen LogP contribution in [0.25, 0.3) is 0 Å². The number of rotatable bonds is 5. The minimum atomic E-state index is -0.346. The lowest BCUT2D eigenvalue weighted by atomic mass is 9.50. The van der Waals surface area contributed by atoms with E-state index in [1.54, 1.807) is 13.1 Å². The van der Waals surface area contributed by atoms with Crippen LogP contribution in [0.4, 0.5) is 5.69 Å². The largest absolute Gasteiger partial charge is 0.506 e. The summed E-state index contributed by atoms with van der Waals surface area (Å²) in [5, 5.41) is 31.6. The zero-order chi connectivity index (χ0) is 21.8. The zero-order valence-corrected chi connectivity index (χ0v) is 18.5. The number of hydrogen-bond acceptors (Lipinski definition) is 5. The highest BCUT2D eigenvalue weighted by atomic mass is 35.5. The van der Waals surface area contributed by atoms with E-state index in [0.717, 1.165) is 32.1 Å². The number of nitrogens with one attached hydrogen (secondary N) is 2. The topological polar surface area (TPSA) is 100 Å². The van der Waals surface area contributed by atoms with E-state index in [9.17, 15) is 15.2 Å². The van der Waals surface area contributed by atoms with E-state index in [0.29, 0.717) is 11.3 Å². The Bertz CT molecular complexity index is 937. The van der Waals surface area contributed by atoms with Crippen LogP contribution in [0.2, 0.25) is 5.02 Å². The minimum absolute atomic E-state index is 0.0556. The minimum Gasteiger partial charge on any atom is -0.506 e. The summed E-state index contributed by atoms with van der Waals surface area (Å²) in [5.41, 5.74) is 1.22. The Kier molecular flexibility index (Phi) is 5.01. The number of carbonyl (C=O) groups excluding carboxylic acids is 1. The maximum absolute atomic E-state index is 13.3. The number of nitriles is 1. The van der Waals surface area contributed by atoms with Gasteiger partial charge in [0.25, 0.3) is 0 Å². The molecule has 4 bridgehead atoms. The van der Waals surface area contributed by atoms with Crippen molar-refractivity contribution in [2.75, 3.05) is 12.4 Å². The number of phenolic OH excluding ortho intramolecular Hbond substituents is 1. The molecule has 2 heterocycles. The molecule has 3 N–H and O–H groups in total. The first kappa shape index (κ1) is 21.0. The SMILES string of the molecule is CNc1ccc(O)c(Cl)c1C(=N)C(C)CC(=O)N1C2CC3(C)CC1CC(C#N)(C2)C3. The normalized spacial score (nSPS) is 32.6. The fourth-order valence-corrected chi connectivity index (χ4v) is 6.71. The summed E-state index contributed by atoms with van der Waals surface area (Å²) < 4.78 is 0. The Morgan fingerprint density at radius 1 is 1.40 bits per heavy atom. The smallest absolute Gasteiger partial charge is 0.223 e. The van der Waals surface area contributed by atoms with E-state index in [1.165, 1.54) is 6.07 Å². The van der Waals surface area contributed by atoms with Crippen molar-refractivity contribution in [1.82, 2.24) is 4.90 Å². The molecule has 0 aromatic heterocycles. The Labute approximate surface area is 182 Å². The Morgan fingerprint density at radius 3 is 2.60 bits per heavy atom. The van der Waals surface area contributed by atoms with Crippen molar-refractivity contribution in [3.05, 3.63) is 22.7 Å². The second-order valence-electron chi connectivity index (χ2n) is 9.89. The summed E-state index contributed by atoms with van der Waals surface area (Å²) in [6.45, 7) is 4.12. The number of aromatic hydroxyl groups is 1. The Morgan fingerprint density at radius 2 is 2.03 bits per heavy atom. The first-order chi connectivity index (χ1) is 14.1. The van der Waals surface area contributed by atoms with E-state index in [-0.39, 0.29) is 57.6 Å². The van der Waals surface area contributed by atoms with Gasteiger partial charge in [0.05, 0.1) is 16.5 Å². The number of piperidine rings is 2. The van der Waals surface area contributed by atoms with Gasteiger partial charge >= 0.3 is 0 Å². The third-order valence-corrected chi connectivity index (χ3v) is 7.80. The number of nitrogens with zero attached hydrogens (tertiary/aromatic N) is 2. The molecule has 3 unspecified atom stereocenters. The fourth-order valence-electron chi connectivity index (χ4n) is 6.44. The van der Waals surface area contributed by atoms with Crippen LogP contribution in [0.1, 0.15) is 57.9 Å². The Hall–Kier alpha value is -2.26. The molecule has 1 aromatic carbocycles. The van der Waals surface area contributed by atoms with Crippen LogP contribution in [0.5, 0.6) is 5.75 Å². The highest BCUT2D eigenvalue weighted by Crippen LogP contribution is 2.61. The van der Waals surface area contributed by atoms with E-state index in [1.807, 2.05) is 11.8 Å². The van der Waals surface area contributed by atoms with Crippen molar-refractivity contribution < 1.29 is 9.90 Å². The van der Waals surface area contributed by atoms with Gasteiger partial charge in [-0.25, -0.2) is 0 Å². The number of phenols is 1. The number of amides is 1. The molecule has 30 heavy (non-hydrogen) atoms. The first-order valence-electron chi connectivity index (χ1n) is 10.6. The molecule has 0 spiro atoms. The third kappa shape index (κ3) is 3.24. The summed E-state index contributed by atoms with van der Waals surface area (Å²) in [6.07, 6.45) is 4.65. The standard InChI is InChI=1S/C23H29ClN4O2/c1-13(21(26)19-16(27-3)4-5-17(29)20(19)24)6-18(30)28-14-7-22(2)8-15(28)10-23(9-14,11-22)12-25/h4-5,13-15,26-27,29H,6-11H2,1-3H3. The quantitative estimate of drug-likeness (QED) is 0.472. The molecule has 1 aromatic rings. The first-order valence-corrected chi connectivity index (χ1v) is 11.0. The second kappa shape index (κ2) is 7.16. The number of hydrogen-bond donors (Lipinski definition) is 3. The summed E-state index contributed by atoms with van der Waals surface area (Å²) >= 11 is 6.29. The third-order valence-electron chi connectivity index (χ3n) is 7.42. The van der Waals surface area contributed by atoms with Gasteiger partial charge in [-0.15, -0.1) is 0 Å². The van der Waals surface area contributed by atoms with Crippen molar-refractivity contribution in [1.29, 1.82) is 10.7 Å². The van der Waals surface area contributed by atoms with Crippen molar-refractivity contribution in [3.8, 4) is 11.8 Å². The molecule has 4 aliphatic rings. The van der Waals surface area contributed by atoms with Crippen LogP contribution in [-0.4, -0.2) is 40.8 Å². The van der Waals surface area contributed by atoms with Gasteiger partial charge in [-0.05, 0) is 49.7 Å². The monoisotopic (exact) mass is 428 g/mol. The Balaban J connectivity index is 1.52. The molecule has 5 rings (SSSR count). The molecule has 7 heteroatoms. The van der Waals surface area contributed by atoms with Gasteiger partial charge in [-0.2, -0.15) is 5.26 Å². The molecule has 2 saturated heterocycles. The van der Waals surface area contributed by atoms with Crippen LogP contribution in [0, 0.1) is 33.5 Å². The van der Waals surface area contributed by atoms with Crippen LogP contribution in [0.15, 0.2) is 12.1 Å². The van der Waals surface area contributed by atoms with E-state index >= 15 is 0 Å². The van der Waals surface area contributed by atoms with E-state index in [2.05, 4.69) is 18.3 Å². The lowest BCUT2D eigenvalue weighted by Crippen LogP contribution is -2.65. The van der Waals surface area contributed by atoms with Crippen LogP contribution in [0.3, 0.4) is 0 Å². The fraction of sp³-hybridized carbons (Fsp3) is 0.609. The highest BCUT2D eigenvalue weighted by molar-refractivity contribution is 6.36. The number of anilines is 1. The average molecular weight is 429 g/mol. The van der Waals surface area contributed by atoms with Crippen molar-refractivity contribution >= 4 is 28.9 Å². The molecule has 2 aliphatic heterocycles. The van der Waals surface area contributed by atoms with Gasteiger partial charge in [0.2, 0.25) is 5.91 Å². The molecule has 1 amide bonds. The van der Waals surface area contributed by atoms with Crippen molar-refractivity contribution in [3.63, 3.8) is 0 Å². The average Bonchev–Trinajstić information content (AvgIpc) is 2.67. The molecule has 160 valence electrons. The van der Waals surface area contributed by atoms with Crippen LogP contribution >= 0.6 is 11.6 Å². The predicted octanol–water partition coefficient (Wildman–Crippen LogP) is 4.55. The predicted molar refractivity (Wildman–Crippen MR) is 117 cm³/mol. The molecule has 3 atom stereocenters. The molecule has 2 saturated carbocycles. The number of halogens is 1. The van der Waals surface area contributed by atoms with Gasteiger partial charge in [-0.1, -0.05) is 25.4 Å². The molecule has 0 radical (unpaired) electrons. The van der Waals surface area contributed by atoms with Gasteiger partial charge < -0.3 is 20.7 Å². The highest BCUT2D eigenvalue weighted by Gasteiger charge is 2.60. The maximum atomic E-state index is 13.3. The molecular formula is C23H29ClN4O2. The van der Waals surface area contributed by atoms with Crippen LogP contribution < -0.4 is 5.32 Å². The molecule has 4 fully saturated rings. The van der Waals surface area contributed by atoms with Gasteiger partial charge in [0.1, 0.15) is 5.75 Å². The maximum Gasteiger partial charge on any atom is 0.223 e. The second-order valence-corrected chi connectivity index (χ2v) is 10.3. The molecular weight excluding hydrogens is 400 g/mol. The van der Waals surface area contributed by atoms with Crippen LogP contribution in [-0.2, 0) is 4.79 Å². The van der Waals surface area contributed by atoms with E-state index in [4.69, 9.17) is 17.0 Å². The lowest BCUT2D eigenvalue weighted by molar-refractivity contribution is -0.163.